The van der Waals surface area contributed by atoms with Crippen LogP contribution in [0.4, 0.5) is 4.39 Å². The largest absolute Gasteiger partial charge is 0.481 e. The van der Waals surface area contributed by atoms with E-state index < -0.39 is 11.4 Å². The minimum Gasteiger partial charge on any atom is -0.481 e. The summed E-state index contributed by atoms with van der Waals surface area (Å²) in [5.41, 5.74) is 6.53. The highest BCUT2D eigenvalue weighted by Crippen LogP contribution is 2.41. The molecule has 0 bridgehead atoms. The normalized spacial score (nSPS) is 23.1. The molecule has 1 aromatic rings. The van der Waals surface area contributed by atoms with Crippen LogP contribution in [-0.2, 0) is 16.6 Å². The lowest BCUT2D eigenvalue weighted by molar-refractivity contribution is -0.138. The zero-order chi connectivity index (χ0) is 11.8. The molecular formula is C12H14FNO2. The van der Waals surface area contributed by atoms with E-state index in [4.69, 9.17) is 10.8 Å². The molecule has 3 N–H and O–H groups in total. The van der Waals surface area contributed by atoms with Crippen molar-refractivity contribution in [1.29, 1.82) is 0 Å². The van der Waals surface area contributed by atoms with E-state index in [9.17, 15) is 9.18 Å². The fraction of sp³-hybridized carbons (Fsp3) is 0.417. The minimum atomic E-state index is -0.887. The van der Waals surface area contributed by atoms with Gasteiger partial charge in [0, 0.05) is 12.0 Å². The molecule has 1 unspecified atom stereocenters. The van der Waals surface area contributed by atoms with Gasteiger partial charge in [-0.1, -0.05) is 12.1 Å². The highest BCUT2D eigenvalue weighted by molar-refractivity contribution is 5.70. The summed E-state index contributed by atoms with van der Waals surface area (Å²) in [7, 11) is 0. The molecule has 4 heteroatoms. The van der Waals surface area contributed by atoms with E-state index in [-0.39, 0.29) is 18.8 Å². The maximum Gasteiger partial charge on any atom is 0.304 e. The number of carboxylic acids is 1. The van der Waals surface area contributed by atoms with Crippen LogP contribution in [0, 0.1) is 5.82 Å². The first-order valence-electron chi connectivity index (χ1n) is 5.29. The van der Waals surface area contributed by atoms with Crippen molar-refractivity contribution in [2.24, 2.45) is 5.73 Å². The standard InChI is InChI=1S/C12H14FNO2/c13-10-3-1-2-9-8(10)4-5-12(9,7-14)6-11(15)16/h1-3H,4-7,14H2,(H,15,16). The molecule has 86 valence electrons. The van der Waals surface area contributed by atoms with Crippen molar-refractivity contribution in [2.45, 2.75) is 24.7 Å². The van der Waals surface area contributed by atoms with Crippen molar-refractivity contribution in [2.75, 3.05) is 6.54 Å². The molecule has 1 aliphatic rings. The van der Waals surface area contributed by atoms with Crippen LogP contribution in [-0.4, -0.2) is 17.6 Å². The number of benzene rings is 1. The summed E-state index contributed by atoms with van der Waals surface area (Å²) >= 11 is 0. The molecule has 0 saturated heterocycles. The van der Waals surface area contributed by atoms with Crippen LogP contribution in [0.15, 0.2) is 18.2 Å². The van der Waals surface area contributed by atoms with E-state index in [1.807, 2.05) is 0 Å². The summed E-state index contributed by atoms with van der Waals surface area (Å²) in [5.74, 6) is -1.14. The average Bonchev–Trinajstić information content (AvgIpc) is 2.59. The molecule has 0 heterocycles. The topological polar surface area (TPSA) is 63.3 Å². The third-order valence-electron chi connectivity index (χ3n) is 3.42. The van der Waals surface area contributed by atoms with Crippen molar-refractivity contribution < 1.29 is 14.3 Å². The van der Waals surface area contributed by atoms with Gasteiger partial charge in [-0.05, 0) is 30.0 Å². The summed E-state index contributed by atoms with van der Waals surface area (Å²) in [6, 6.07) is 4.82. The second-order valence-corrected chi connectivity index (χ2v) is 4.32. The lowest BCUT2D eigenvalue weighted by Gasteiger charge is -2.26. The van der Waals surface area contributed by atoms with Gasteiger partial charge in [0.1, 0.15) is 5.82 Å². The van der Waals surface area contributed by atoms with Gasteiger partial charge in [-0.2, -0.15) is 0 Å². The maximum absolute atomic E-state index is 13.5. The Balaban J connectivity index is 2.47. The predicted molar refractivity (Wildman–Crippen MR) is 57.7 cm³/mol. The molecule has 3 nitrogen and oxygen atoms in total. The van der Waals surface area contributed by atoms with Gasteiger partial charge in [0.05, 0.1) is 6.42 Å². The molecule has 0 saturated carbocycles. The van der Waals surface area contributed by atoms with Crippen molar-refractivity contribution >= 4 is 5.97 Å². The number of hydrogen-bond acceptors (Lipinski definition) is 2. The number of carbonyl (C=O) groups is 1. The number of rotatable bonds is 3. The van der Waals surface area contributed by atoms with Gasteiger partial charge in [-0.25, -0.2) is 4.39 Å². The van der Waals surface area contributed by atoms with Crippen LogP contribution in [0.3, 0.4) is 0 Å². The van der Waals surface area contributed by atoms with E-state index in [0.717, 1.165) is 5.56 Å². The number of fused-ring (bicyclic) bond motifs is 1. The fourth-order valence-corrected chi connectivity index (χ4v) is 2.57. The predicted octanol–water partition coefficient (Wildman–Crippen LogP) is 1.44. The molecule has 0 radical (unpaired) electrons. The summed E-state index contributed by atoms with van der Waals surface area (Å²) in [6.07, 6.45) is 1.17. The van der Waals surface area contributed by atoms with Crippen LogP contribution in [0.25, 0.3) is 0 Å². The Labute approximate surface area is 93.1 Å². The molecule has 1 atom stereocenters. The highest BCUT2D eigenvalue weighted by atomic mass is 19.1. The van der Waals surface area contributed by atoms with E-state index in [0.29, 0.717) is 18.4 Å². The molecular weight excluding hydrogens is 209 g/mol. The van der Waals surface area contributed by atoms with E-state index in [1.165, 1.54) is 6.07 Å². The summed E-state index contributed by atoms with van der Waals surface area (Å²) in [4.78, 5) is 10.9. The Hall–Kier alpha value is -1.42. The first-order chi connectivity index (χ1) is 7.59. The monoisotopic (exact) mass is 223 g/mol. The van der Waals surface area contributed by atoms with Crippen LogP contribution < -0.4 is 5.73 Å². The number of aliphatic carboxylic acids is 1. The molecule has 0 spiro atoms. The van der Waals surface area contributed by atoms with Gasteiger partial charge < -0.3 is 10.8 Å². The van der Waals surface area contributed by atoms with Gasteiger partial charge in [-0.15, -0.1) is 0 Å². The van der Waals surface area contributed by atoms with Gasteiger partial charge in [-0.3, -0.25) is 4.79 Å². The molecule has 0 fully saturated rings. The molecule has 1 aromatic carbocycles. The molecule has 2 rings (SSSR count). The number of halogens is 1. The second kappa shape index (κ2) is 3.87. The maximum atomic E-state index is 13.5. The Bertz CT molecular complexity index is 433. The van der Waals surface area contributed by atoms with Crippen LogP contribution in [0.1, 0.15) is 24.0 Å². The smallest absolute Gasteiger partial charge is 0.304 e. The van der Waals surface area contributed by atoms with Crippen molar-refractivity contribution in [1.82, 2.24) is 0 Å². The van der Waals surface area contributed by atoms with Gasteiger partial charge in [0.25, 0.3) is 0 Å². The molecule has 0 amide bonds. The fourth-order valence-electron chi connectivity index (χ4n) is 2.57. The number of nitrogens with two attached hydrogens (primary N) is 1. The van der Waals surface area contributed by atoms with Crippen LogP contribution in [0.5, 0.6) is 0 Å². The van der Waals surface area contributed by atoms with Crippen molar-refractivity contribution in [3.05, 3.63) is 35.1 Å². The lowest BCUT2D eigenvalue weighted by atomic mass is 9.79. The van der Waals surface area contributed by atoms with E-state index in [2.05, 4.69) is 0 Å². The third kappa shape index (κ3) is 1.59. The zero-order valence-electron chi connectivity index (χ0n) is 8.87. The Kier molecular flexibility index (Phi) is 2.68. The van der Waals surface area contributed by atoms with Gasteiger partial charge in [0.2, 0.25) is 0 Å². The van der Waals surface area contributed by atoms with Gasteiger partial charge in [0.15, 0.2) is 0 Å². The Morgan fingerprint density at radius 1 is 1.56 bits per heavy atom. The minimum absolute atomic E-state index is 0.0278. The quantitative estimate of drug-likeness (QED) is 0.815. The van der Waals surface area contributed by atoms with E-state index >= 15 is 0 Å². The van der Waals surface area contributed by atoms with Crippen LogP contribution in [0.2, 0.25) is 0 Å². The molecule has 0 aliphatic heterocycles. The van der Waals surface area contributed by atoms with E-state index in [1.54, 1.807) is 12.1 Å². The highest BCUT2D eigenvalue weighted by Gasteiger charge is 2.40. The zero-order valence-corrected chi connectivity index (χ0v) is 8.87. The second-order valence-electron chi connectivity index (χ2n) is 4.32. The summed E-state index contributed by atoms with van der Waals surface area (Å²) < 4.78 is 13.5. The third-order valence-corrected chi connectivity index (χ3v) is 3.42. The summed E-state index contributed by atoms with van der Waals surface area (Å²) in [5, 5.41) is 8.92. The first kappa shape index (κ1) is 11.1. The molecule has 16 heavy (non-hydrogen) atoms. The Morgan fingerprint density at radius 2 is 2.31 bits per heavy atom. The van der Waals surface area contributed by atoms with Crippen LogP contribution >= 0.6 is 0 Å². The van der Waals surface area contributed by atoms with Crippen molar-refractivity contribution in [3.8, 4) is 0 Å². The molecule has 1 aliphatic carbocycles. The SMILES string of the molecule is NCC1(CC(=O)O)CCc2c(F)cccc21. The lowest BCUT2D eigenvalue weighted by Crippen LogP contribution is -2.35. The number of carboxylic acid groups (broad SMARTS) is 1. The van der Waals surface area contributed by atoms with Crippen molar-refractivity contribution in [3.63, 3.8) is 0 Å². The average molecular weight is 223 g/mol. The summed E-state index contributed by atoms with van der Waals surface area (Å²) in [6.45, 7) is 0.246. The Morgan fingerprint density at radius 3 is 2.94 bits per heavy atom. The first-order valence-corrected chi connectivity index (χ1v) is 5.29. The number of hydrogen-bond donors (Lipinski definition) is 2. The van der Waals surface area contributed by atoms with Gasteiger partial charge >= 0.3 is 5.97 Å². The molecule has 0 aromatic heterocycles.